The second-order valence-corrected chi connectivity index (χ2v) is 11.5. The van der Waals surface area contributed by atoms with Crippen LogP contribution in [-0.4, -0.2) is 71.0 Å². The third-order valence-corrected chi connectivity index (χ3v) is 7.43. The van der Waals surface area contributed by atoms with Crippen molar-refractivity contribution in [2.24, 2.45) is 22.7 Å². The average Bonchev–Trinajstić information content (AvgIpc) is 3.15. The molecule has 1 aromatic rings. The Hall–Kier alpha value is -3.18. The number of ether oxygens (including phenoxy) is 1. The number of piperidine rings is 1. The molecule has 1 saturated carbocycles. The van der Waals surface area contributed by atoms with E-state index in [1.165, 1.54) is 25.7 Å². The Morgan fingerprint density at radius 3 is 2.34 bits per heavy atom. The van der Waals surface area contributed by atoms with E-state index in [1.807, 2.05) is 19.2 Å². The quantitative estimate of drug-likeness (QED) is 0.489. The zero-order valence-electron chi connectivity index (χ0n) is 22.4. The van der Waals surface area contributed by atoms with Crippen LogP contribution in [0.2, 0.25) is 0 Å². The highest BCUT2D eigenvalue weighted by atomic mass is 19.4. The summed E-state index contributed by atoms with van der Waals surface area (Å²) in [5.74, 6) is -4.61. The monoisotopic (exact) mass is 540 g/mol. The minimum absolute atomic E-state index is 0.0514. The predicted octanol–water partition coefficient (Wildman–Crippen LogP) is 2.25. The third-order valence-electron chi connectivity index (χ3n) is 7.43. The van der Waals surface area contributed by atoms with Crippen molar-refractivity contribution >= 4 is 23.7 Å². The minimum Gasteiger partial charge on any atom is -0.464 e. The smallest absolute Gasteiger partial charge is 0.464 e. The maximum absolute atomic E-state index is 13.6. The number of nitrogens with one attached hydrogen (secondary N) is 2. The lowest BCUT2D eigenvalue weighted by Crippen LogP contribution is -2.61. The maximum Gasteiger partial charge on any atom is 0.471 e. The van der Waals surface area contributed by atoms with E-state index in [9.17, 15) is 32.3 Å². The molecule has 12 heteroatoms. The number of halogens is 3. The number of likely N-dealkylation sites (tertiary alicyclic amines) is 1. The van der Waals surface area contributed by atoms with E-state index in [4.69, 9.17) is 4.74 Å². The van der Waals surface area contributed by atoms with E-state index in [1.54, 1.807) is 31.3 Å². The van der Waals surface area contributed by atoms with Crippen LogP contribution in [-0.2, 0) is 30.3 Å². The summed E-state index contributed by atoms with van der Waals surface area (Å²) in [6.45, 7) is 10.4. The highest BCUT2D eigenvalue weighted by Crippen LogP contribution is 2.65. The van der Waals surface area contributed by atoms with Crippen molar-refractivity contribution in [2.75, 3.05) is 13.2 Å². The van der Waals surface area contributed by atoms with Crippen LogP contribution in [0.3, 0.4) is 0 Å². The molecule has 1 aliphatic heterocycles. The van der Waals surface area contributed by atoms with Crippen molar-refractivity contribution in [3.63, 3.8) is 0 Å². The summed E-state index contributed by atoms with van der Waals surface area (Å²) in [7, 11) is 0. The van der Waals surface area contributed by atoms with Gasteiger partial charge in [-0.15, -0.1) is 0 Å². The molecule has 2 aliphatic rings. The standard InChI is InChI=1S/C26H35F3N4O5/c1-7-38-22(36)16(12-14-10-8-9-11-30-14)31-20(34)18-17-15(25(17,5)6)13-33(18)21(35)19(24(2,3)4)32-23(37)26(27,28)29/h8-11,15-19H,7,12-13H2,1-6H3,(H,31,34)(H,32,37)/t15-,16?,17-,18-,19+/m0/s1. The van der Waals surface area contributed by atoms with E-state index in [0.29, 0.717) is 5.69 Å². The molecule has 210 valence electrons. The molecule has 1 aliphatic carbocycles. The van der Waals surface area contributed by atoms with Gasteiger partial charge in [0.2, 0.25) is 11.8 Å². The zero-order valence-corrected chi connectivity index (χ0v) is 22.4. The normalized spacial score (nSPS) is 23.6. The van der Waals surface area contributed by atoms with Gasteiger partial charge in [-0.2, -0.15) is 13.2 Å². The van der Waals surface area contributed by atoms with Crippen LogP contribution in [0.1, 0.15) is 47.2 Å². The Morgan fingerprint density at radius 2 is 1.82 bits per heavy atom. The van der Waals surface area contributed by atoms with Crippen molar-refractivity contribution in [1.29, 1.82) is 0 Å². The van der Waals surface area contributed by atoms with Gasteiger partial charge in [0, 0.05) is 24.9 Å². The van der Waals surface area contributed by atoms with Gasteiger partial charge in [0.25, 0.3) is 0 Å². The largest absolute Gasteiger partial charge is 0.471 e. The molecular formula is C26H35F3N4O5. The molecule has 9 nitrogen and oxygen atoms in total. The van der Waals surface area contributed by atoms with Crippen LogP contribution < -0.4 is 10.6 Å². The van der Waals surface area contributed by atoms with Gasteiger partial charge >= 0.3 is 18.1 Å². The summed E-state index contributed by atoms with van der Waals surface area (Å²) < 4.78 is 44.2. The molecule has 5 atom stereocenters. The number of pyridine rings is 1. The van der Waals surface area contributed by atoms with Crippen LogP contribution in [0, 0.1) is 22.7 Å². The summed E-state index contributed by atoms with van der Waals surface area (Å²) >= 11 is 0. The van der Waals surface area contributed by atoms with Crippen molar-refractivity contribution in [2.45, 2.75) is 72.3 Å². The highest BCUT2D eigenvalue weighted by Gasteiger charge is 2.70. The predicted molar refractivity (Wildman–Crippen MR) is 130 cm³/mol. The Balaban J connectivity index is 1.88. The van der Waals surface area contributed by atoms with Gasteiger partial charge < -0.3 is 20.3 Å². The summed E-state index contributed by atoms with van der Waals surface area (Å²) in [5.41, 5.74) is -0.822. The number of hydrogen-bond acceptors (Lipinski definition) is 6. The van der Waals surface area contributed by atoms with Gasteiger partial charge in [-0.1, -0.05) is 40.7 Å². The molecule has 1 unspecified atom stereocenters. The number of carbonyl (C=O) groups excluding carboxylic acids is 4. The lowest BCUT2D eigenvalue weighted by Gasteiger charge is -2.38. The Bertz CT molecular complexity index is 1070. The highest BCUT2D eigenvalue weighted by molar-refractivity contribution is 5.96. The van der Waals surface area contributed by atoms with E-state index in [2.05, 4.69) is 10.3 Å². The topological polar surface area (TPSA) is 118 Å². The number of carbonyl (C=O) groups is 4. The fourth-order valence-corrected chi connectivity index (χ4v) is 5.26. The molecule has 2 N–H and O–H groups in total. The molecule has 2 heterocycles. The Kier molecular flexibility index (Phi) is 8.14. The summed E-state index contributed by atoms with van der Waals surface area (Å²) in [6.07, 6.45) is -3.57. The fourth-order valence-electron chi connectivity index (χ4n) is 5.26. The number of amides is 3. The van der Waals surface area contributed by atoms with E-state index < -0.39 is 53.4 Å². The molecule has 0 bridgehead atoms. The Labute approximate surface area is 219 Å². The van der Waals surface area contributed by atoms with Crippen LogP contribution in [0.15, 0.2) is 24.4 Å². The number of rotatable bonds is 8. The van der Waals surface area contributed by atoms with Crippen molar-refractivity contribution in [3.05, 3.63) is 30.1 Å². The van der Waals surface area contributed by atoms with Gasteiger partial charge in [-0.05, 0) is 41.7 Å². The van der Waals surface area contributed by atoms with Gasteiger partial charge in [0.05, 0.1) is 6.61 Å². The molecular weight excluding hydrogens is 505 g/mol. The number of esters is 1. The van der Waals surface area contributed by atoms with Crippen LogP contribution in [0.4, 0.5) is 13.2 Å². The van der Waals surface area contributed by atoms with Crippen LogP contribution in [0.25, 0.3) is 0 Å². The first-order valence-corrected chi connectivity index (χ1v) is 12.5. The average molecular weight is 541 g/mol. The fraction of sp³-hybridized carbons (Fsp3) is 0.654. The van der Waals surface area contributed by atoms with Gasteiger partial charge in [-0.25, -0.2) is 4.79 Å². The number of hydrogen-bond donors (Lipinski definition) is 2. The first kappa shape index (κ1) is 29.4. The van der Waals surface area contributed by atoms with Crippen LogP contribution >= 0.6 is 0 Å². The molecule has 3 amide bonds. The first-order chi connectivity index (χ1) is 17.5. The first-order valence-electron chi connectivity index (χ1n) is 12.5. The molecule has 1 saturated heterocycles. The Morgan fingerprint density at radius 1 is 1.16 bits per heavy atom. The number of fused-ring (bicyclic) bond motifs is 1. The third kappa shape index (κ3) is 6.10. The molecule has 2 fully saturated rings. The number of aromatic nitrogens is 1. The molecule has 0 radical (unpaired) electrons. The van der Waals surface area contributed by atoms with E-state index in [-0.39, 0.29) is 36.8 Å². The summed E-state index contributed by atoms with van der Waals surface area (Å²) in [4.78, 5) is 57.1. The number of alkyl halides is 3. The molecule has 1 aromatic heterocycles. The van der Waals surface area contributed by atoms with Crippen molar-refractivity contribution in [3.8, 4) is 0 Å². The van der Waals surface area contributed by atoms with Gasteiger partial charge in [-0.3, -0.25) is 19.4 Å². The van der Waals surface area contributed by atoms with Gasteiger partial charge in [0.15, 0.2) is 0 Å². The maximum atomic E-state index is 13.6. The lowest BCUT2D eigenvalue weighted by atomic mass is 9.85. The summed E-state index contributed by atoms with van der Waals surface area (Å²) in [5, 5.41) is 4.52. The molecule has 0 aromatic carbocycles. The molecule has 0 spiro atoms. The van der Waals surface area contributed by atoms with Gasteiger partial charge in [0.1, 0.15) is 18.1 Å². The van der Waals surface area contributed by atoms with E-state index in [0.717, 1.165) is 0 Å². The zero-order chi connectivity index (χ0) is 28.6. The lowest BCUT2D eigenvalue weighted by molar-refractivity contribution is -0.176. The van der Waals surface area contributed by atoms with Crippen LogP contribution in [0.5, 0.6) is 0 Å². The molecule has 3 rings (SSSR count). The molecule has 38 heavy (non-hydrogen) atoms. The van der Waals surface area contributed by atoms with Crippen molar-refractivity contribution in [1.82, 2.24) is 20.5 Å². The van der Waals surface area contributed by atoms with Crippen molar-refractivity contribution < 1.29 is 37.1 Å². The number of nitrogens with zero attached hydrogens (tertiary/aromatic N) is 2. The second kappa shape index (κ2) is 10.5. The second-order valence-electron chi connectivity index (χ2n) is 11.5. The van der Waals surface area contributed by atoms with E-state index >= 15 is 0 Å². The SMILES string of the molecule is CCOC(=O)C(Cc1ccccn1)NC(=O)[C@@H]1[C@@H]2[C@H](CN1C(=O)[C@@H](NC(=O)C(F)(F)F)C(C)(C)C)C2(C)C. The minimum atomic E-state index is -5.17. The summed E-state index contributed by atoms with van der Waals surface area (Å²) in [6, 6.07) is 1.50.